The molecule has 0 unspecified atom stereocenters. The van der Waals surface area contributed by atoms with E-state index in [9.17, 15) is 4.79 Å². The van der Waals surface area contributed by atoms with Gasteiger partial charge in [-0.2, -0.15) is 0 Å². The zero-order chi connectivity index (χ0) is 12.7. The third kappa shape index (κ3) is 5.60. The molecule has 2 N–H and O–H groups in total. The molecule has 17 heavy (non-hydrogen) atoms. The summed E-state index contributed by atoms with van der Waals surface area (Å²) in [7, 11) is 1.62. The smallest absolute Gasteiger partial charge is 0.230 e. The third-order valence-corrected chi connectivity index (χ3v) is 3.04. The van der Waals surface area contributed by atoms with Gasteiger partial charge < -0.3 is 15.2 Å². The molecular weight excluding hydrogens is 238 g/mol. The highest BCUT2D eigenvalue weighted by Crippen LogP contribution is 2.20. The zero-order valence-electron chi connectivity index (χ0n) is 9.97. The first-order valence-electron chi connectivity index (χ1n) is 5.33. The van der Waals surface area contributed by atoms with Crippen molar-refractivity contribution in [3.63, 3.8) is 0 Å². The molecule has 0 aromatic heterocycles. The van der Waals surface area contributed by atoms with Gasteiger partial charge in [-0.25, -0.2) is 0 Å². The van der Waals surface area contributed by atoms with Crippen molar-refractivity contribution >= 4 is 17.7 Å². The van der Waals surface area contributed by atoms with Gasteiger partial charge in [0, 0.05) is 11.4 Å². The van der Waals surface area contributed by atoms with E-state index in [0.29, 0.717) is 12.3 Å². The van der Waals surface area contributed by atoms with Crippen molar-refractivity contribution < 1.29 is 14.6 Å². The lowest BCUT2D eigenvalue weighted by Gasteiger charge is -2.07. The van der Waals surface area contributed by atoms with E-state index < -0.39 is 6.10 Å². The minimum Gasteiger partial charge on any atom is -0.497 e. The first-order chi connectivity index (χ1) is 8.11. The van der Waals surface area contributed by atoms with Gasteiger partial charge in [0.15, 0.2) is 0 Å². The van der Waals surface area contributed by atoms with E-state index in [-0.39, 0.29) is 5.91 Å². The number of hydrogen-bond donors (Lipinski definition) is 2. The molecule has 4 nitrogen and oxygen atoms in total. The maximum atomic E-state index is 11.4. The van der Waals surface area contributed by atoms with E-state index in [1.165, 1.54) is 11.8 Å². The Hall–Kier alpha value is -1.20. The van der Waals surface area contributed by atoms with Crippen LogP contribution in [-0.4, -0.2) is 36.5 Å². The monoisotopic (exact) mass is 255 g/mol. The number of thioether (sulfide) groups is 1. The summed E-state index contributed by atoms with van der Waals surface area (Å²) >= 11 is 1.45. The van der Waals surface area contributed by atoms with Crippen molar-refractivity contribution in [2.75, 3.05) is 19.4 Å². The summed E-state index contributed by atoms with van der Waals surface area (Å²) in [6.07, 6.45) is -0.509. The molecule has 0 heterocycles. The molecule has 0 aliphatic heterocycles. The summed E-state index contributed by atoms with van der Waals surface area (Å²) in [5, 5.41) is 11.6. The Balaban J connectivity index is 2.31. The Labute approximate surface area is 105 Å². The summed E-state index contributed by atoms with van der Waals surface area (Å²) in [6.45, 7) is 1.93. The van der Waals surface area contributed by atoms with Crippen LogP contribution in [0.4, 0.5) is 0 Å². The molecule has 1 aromatic carbocycles. The van der Waals surface area contributed by atoms with Crippen molar-refractivity contribution in [1.82, 2.24) is 5.32 Å². The first-order valence-corrected chi connectivity index (χ1v) is 6.32. The summed E-state index contributed by atoms with van der Waals surface area (Å²) in [5.74, 6) is 1.07. The number of ether oxygens (including phenoxy) is 1. The molecule has 1 aromatic rings. The van der Waals surface area contributed by atoms with Gasteiger partial charge in [0.25, 0.3) is 0 Å². The van der Waals surface area contributed by atoms with Crippen molar-refractivity contribution in [2.24, 2.45) is 0 Å². The quantitative estimate of drug-likeness (QED) is 0.752. The Morgan fingerprint density at radius 3 is 2.65 bits per heavy atom. The SMILES string of the molecule is COc1ccc(SCC(=O)NC[C@@H](C)O)cc1. The average Bonchev–Trinajstić information content (AvgIpc) is 2.34. The lowest BCUT2D eigenvalue weighted by atomic mass is 10.3. The molecule has 1 amide bonds. The first kappa shape index (κ1) is 13.9. The van der Waals surface area contributed by atoms with Crippen LogP contribution in [0.25, 0.3) is 0 Å². The minimum absolute atomic E-state index is 0.0771. The van der Waals surface area contributed by atoms with Crippen LogP contribution in [0.15, 0.2) is 29.2 Å². The molecule has 0 aliphatic carbocycles. The fourth-order valence-corrected chi connectivity index (χ4v) is 1.86. The zero-order valence-corrected chi connectivity index (χ0v) is 10.8. The molecular formula is C12H17NO3S. The Kier molecular flexibility index (Phi) is 5.86. The van der Waals surface area contributed by atoms with Crippen LogP contribution >= 0.6 is 11.8 Å². The van der Waals surface area contributed by atoms with Gasteiger partial charge in [-0.15, -0.1) is 11.8 Å². The molecule has 5 heteroatoms. The van der Waals surface area contributed by atoms with Crippen molar-refractivity contribution in [2.45, 2.75) is 17.9 Å². The summed E-state index contributed by atoms with van der Waals surface area (Å²) in [4.78, 5) is 12.4. The number of benzene rings is 1. The summed E-state index contributed by atoms with van der Waals surface area (Å²) in [6, 6.07) is 7.53. The van der Waals surface area contributed by atoms with Crippen molar-refractivity contribution in [3.05, 3.63) is 24.3 Å². The number of rotatable bonds is 6. The van der Waals surface area contributed by atoms with Crippen LogP contribution < -0.4 is 10.1 Å². The maximum absolute atomic E-state index is 11.4. The second-order valence-electron chi connectivity index (χ2n) is 3.62. The number of nitrogens with one attached hydrogen (secondary N) is 1. The fourth-order valence-electron chi connectivity index (χ4n) is 1.13. The third-order valence-electron chi connectivity index (χ3n) is 2.02. The molecule has 0 aliphatic rings. The van der Waals surface area contributed by atoms with E-state index >= 15 is 0 Å². The van der Waals surface area contributed by atoms with Gasteiger partial charge in [-0.1, -0.05) is 0 Å². The van der Waals surface area contributed by atoms with Crippen LogP contribution in [0.1, 0.15) is 6.92 Å². The molecule has 0 saturated carbocycles. The topological polar surface area (TPSA) is 58.6 Å². The van der Waals surface area contributed by atoms with Gasteiger partial charge in [0.1, 0.15) is 5.75 Å². The molecule has 0 saturated heterocycles. The standard InChI is InChI=1S/C12H17NO3S/c1-9(14)7-13-12(15)8-17-11-5-3-10(16-2)4-6-11/h3-6,9,14H,7-8H2,1-2H3,(H,13,15)/t9-/m1/s1. The minimum atomic E-state index is -0.509. The average molecular weight is 255 g/mol. The Bertz CT molecular complexity index is 351. The number of hydrogen-bond acceptors (Lipinski definition) is 4. The summed E-state index contributed by atoms with van der Waals surface area (Å²) < 4.78 is 5.04. The molecule has 0 bridgehead atoms. The van der Waals surface area contributed by atoms with Gasteiger partial charge in [-0.3, -0.25) is 4.79 Å². The molecule has 1 atom stereocenters. The normalized spacial score (nSPS) is 11.9. The highest BCUT2D eigenvalue weighted by Gasteiger charge is 2.04. The number of carbonyl (C=O) groups is 1. The van der Waals surface area contributed by atoms with Crippen LogP contribution in [0.3, 0.4) is 0 Å². The van der Waals surface area contributed by atoms with Crippen LogP contribution in [0, 0.1) is 0 Å². The number of carbonyl (C=O) groups excluding carboxylic acids is 1. The number of aliphatic hydroxyl groups excluding tert-OH is 1. The molecule has 0 radical (unpaired) electrons. The van der Waals surface area contributed by atoms with Gasteiger partial charge >= 0.3 is 0 Å². The molecule has 0 spiro atoms. The van der Waals surface area contributed by atoms with Crippen LogP contribution in [0.2, 0.25) is 0 Å². The van der Waals surface area contributed by atoms with Crippen molar-refractivity contribution in [3.8, 4) is 5.75 Å². The summed E-state index contributed by atoms with van der Waals surface area (Å²) in [5.41, 5.74) is 0. The Morgan fingerprint density at radius 1 is 1.47 bits per heavy atom. The predicted molar refractivity (Wildman–Crippen MR) is 68.4 cm³/mol. The number of methoxy groups -OCH3 is 1. The van der Waals surface area contributed by atoms with Gasteiger partial charge in [-0.05, 0) is 31.2 Å². The largest absolute Gasteiger partial charge is 0.497 e. The van der Waals surface area contributed by atoms with E-state index in [1.807, 2.05) is 24.3 Å². The van der Waals surface area contributed by atoms with E-state index in [2.05, 4.69) is 5.32 Å². The van der Waals surface area contributed by atoms with E-state index in [0.717, 1.165) is 10.6 Å². The maximum Gasteiger partial charge on any atom is 0.230 e. The Morgan fingerprint density at radius 2 is 2.12 bits per heavy atom. The highest BCUT2D eigenvalue weighted by atomic mass is 32.2. The molecule has 94 valence electrons. The van der Waals surface area contributed by atoms with Crippen molar-refractivity contribution in [1.29, 1.82) is 0 Å². The number of amides is 1. The lowest BCUT2D eigenvalue weighted by molar-refractivity contribution is -0.118. The highest BCUT2D eigenvalue weighted by molar-refractivity contribution is 8.00. The van der Waals surface area contributed by atoms with Gasteiger partial charge in [0.05, 0.1) is 19.0 Å². The predicted octanol–water partition coefficient (Wildman–Crippen LogP) is 1.28. The van der Waals surface area contributed by atoms with Gasteiger partial charge in [0.2, 0.25) is 5.91 Å². The molecule has 1 rings (SSSR count). The van der Waals surface area contributed by atoms with E-state index in [1.54, 1.807) is 14.0 Å². The van der Waals surface area contributed by atoms with E-state index in [4.69, 9.17) is 9.84 Å². The van der Waals surface area contributed by atoms with Crippen LogP contribution in [0.5, 0.6) is 5.75 Å². The lowest BCUT2D eigenvalue weighted by Crippen LogP contribution is -2.31. The molecule has 0 fully saturated rings. The fraction of sp³-hybridized carbons (Fsp3) is 0.417. The second-order valence-corrected chi connectivity index (χ2v) is 4.67. The number of aliphatic hydroxyl groups is 1. The van der Waals surface area contributed by atoms with Crippen LogP contribution in [-0.2, 0) is 4.79 Å². The second kappa shape index (κ2) is 7.19.